The van der Waals surface area contributed by atoms with Crippen LogP contribution in [0.4, 0.5) is 10.5 Å². The molecule has 8 heteroatoms. The van der Waals surface area contributed by atoms with Gasteiger partial charge in [-0.25, -0.2) is 14.8 Å². The van der Waals surface area contributed by atoms with Crippen molar-refractivity contribution >= 4 is 34.3 Å². The molecule has 2 fully saturated rings. The molecule has 0 spiro atoms. The molecule has 8 nitrogen and oxygen atoms in total. The van der Waals surface area contributed by atoms with Crippen molar-refractivity contribution in [1.82, 2.24) is 20.2 Å². The fraction of sp³-hybridized carbons (Fsp3) is 0.345. The fourth-order valence-electron chi connectivity index (χ4n) is 5.37. The SMILES string of the molecule is CCC(C)[C@H]1C(=O)N(c2ccc3ccccc3c2)C[C@H]2N1C(=O)CN(C)N2C(=O)NCc1ccccc1. The molecule has 2 aliphatic rings. The Morgan fingerprint density at radius 2 is 1.70 bits per heavy atom. The number of carbonyl (C=O) groups is 3. The number of hydrogen-bond donors (Lipinski definition) is 1. The topological polar surface area (TPSA) is 76.2 Å². The van der Waals surface area contributed by atoms with Crippen LogP contribution >= 0.6 is 0 Å². The molecule has 2 aliphatic heterocycles. The van der Waals surface area contributed by atoms with Crippen molar-refractivity contribution in [2.45, 2.75) is 39.0 Å². The van der Waals surface area contributed by atoms with E-state index in [1.165, 1.54) is 0 Å². The smallest absolute Gasteiger partial charge is 0.333 e. The predicted octanol–water partition coefficient (Wildman–Crippen LogP) is 3.83. The minimum Gasteiger partial charge on any atom is -0.333 e. The molecule has 2 heterocycles. The average molecular weight is 500 g/mol. The number of nitrogens with one attached hydrogen (secondary N) is 1. The highest BCUT2D eigenvalue weighted by Gasteiger charge is 2.52. The number of anilines is 1. The molecule has 3 aromatic rings. The van der Waals surface area contributed by atoms with Gasteiger partial charge in [0.2, 0.25) is 11.8 Å². The van der Waals surface area contributed by atoms with Crippen molar-refractivity contribution in [2.24, 2.45) is 5.92 Å². The maximum atomic E-state index is 13.9. The first-order valence-corrected chi connectivity index (χ1v) is 12.8. The first kappa shape index (κ1) is 24.8. The van der Waals surface area contributed by atoms with Gasteiger partial charge in [-0.05, 0) is 34.4 Å². The summed E-state index contributed by atoms with van der Waals surface area (Å²) < 4.78 is 0. The zero-order valence-corrected chi connectivity index (χ0v) is 21.5. The normalized spacial score (nSPS) is 21.2. The monoisotopic (exact) mass is 499 g/mol. The van der Waals surface area contributed by atoms with Crippen molar-refractivity contribution < 1.29 is 14.4 Å². The van der Waals surface area contributed by atoms with E-state index in [2.05, 4.69) is 5.32 Å². The highest BCUT2D eigenvalue weighted by atomic mass is 16.2. The molecule has 3 atom stereocenters. The highest BCUT2D eigenvalue weighted by molar-refractivity contribution is 6.03. The third-order valence-corrected chi connectivity index (χ3v) is 7.51. The minimum absolute atomic E-state index is 0.0332. The summed E-state index contributed by atoms with van der Waals surface area (Å²) in [5.41, 5.74) is 1.75. The van der Waals surface area contributed by atoms with Gasteiger partial charge in [0.05, 0.1) is 13.1 Å². The standard InChI is InChI=1S/C29H33N5O3/c1-4-20(2)27-28(36)32(24-15-14-22-12-8-9-13-23(22)16-24)18-25-33(27)26(35)19-31(3)34(25)29(37)30-17-21-10-6-5-7-11-21/h5-16,20,25,27H,4,17-19H2,1-3H3,(H,30,37)/t20?,25-,27-/m0/s1. The van der Waals surface area contributed by atoms with Gasteiger partial charge in [-0.15, -0.1) is 0 Å². The van der Waals surface area contributed by atoms with E-state index in [0.29, 0.717) is 6.54 Å². The lowest BCUT2D eigenvalue weighted by atomic mass is 9.92. The lowest BCUT2D eigenvalue weighted by Crippen LogP contribution is -2.77. The van der Waals surface area contributed by atoms with E-state index < -0.39 is 12.2 Å². The van der Waals surface area contributed by atoms with E-state index in [1.54, 1.807) is 26.9 Å². The van der Waals surface area contributed by atoms with Crippen molar-refractivity contribution in [2.75, 3.05) is 25.0 Å². The van der Waals surface area contributed by atoms with Gasteiger partial charge in [-0.2, -0.15) is 0 Å². The van der Waals surface area contributed by atoms with E-state index in [9.17, 15) is 14.4 Å². The van der Waals surface area contributed by atoms with Crippen LogP contribution in [0, 0.1) is 5.92 Å². The maximum Gasteiger partial charge on any atom is 0.334 e. The van der Waals surface area contributed by atoms with Crippen molar-refractivity contribution in [3.63, 3.8) is 0 Å². The summed E-state index contributed by atoms with van der Waals surface area (Å²) in [5, 5.41) is 8.38. The van der Waals surface area contributed by atoms with Crippen LogP contribution in [0.25, 0.3) is 10.8 Å². The number of hydrazine groups is 1. The Bertz CT molecular complexity index is 1310. The molecule has 37 heavy (non-hydrogen) atoms. The molecule has 1 unspecified atom stereocenters. The Hall–Kier alpha value is -3.91. The number of urea groups is 1. The first-order chi connectivity index (χ1) is 17.9. The Labute approximate surface area is 217 Å². The van der Waals surface area contributed by atoms with E-state index >= 15 is 0 Å². The molecular formula is C29H33N5O3. The number of benzene rings is 3. The number of carbonyl (C=O) groups excluding carboxylic acids is 3. The van der Waals surface area contributed by atoms with Crippen LogP contribution in [0.15, 0.2) is 72.8 Å². The third-order valence-electron chi connectivity index (χ3n) is 7.51. The number of hydrogen-bond acceptors (Lipinski definition) is 4. The number of likely N-dealkylation sites (N-methyl/N-ethyl adjacent to an activating group) is 1. The van der Waals surface area contributed by atoms with Crippen molar-refractivity contribution in [3.8, 4) is 0 Å². The van der Waals surface area contributed by atoms with Gasteiger partial charge in [0.1, 0.15) is 12.2 Å². The summed E-state index contributed by atoms with van der Waals surface area (Å²) in [6.45, 7) is 4.61. The Balaban J connectivity index is 1.50. The number of piperazine rings is 1. The Morgan fingerprint density at radius 1 is 1.00 bits per heavy atom. The van der Waals surface area contributed by atoms with E-state index in [4.69, 9.17) is 0 Å². The Kier molecular flexibility index (Phi) is 6.84. The summed E-state index contributed by atoms with van der Waals surface area (Å²) in [6.07, 6.45) is 0.110. The first-order valence-electron chi connectivity index (χ1n) is 12.8. The van der Waals surface area contributed by atoms with Gasteiger partial charge >= 0.3 is 6.03 Å². The lowest BCUT2D eigenvalue weighted by Gasteiger charge is -2.55. The zero-order valence-electron chi connectivity index (χ0n) is 21.5. The van der Waals surface area contributed by atoms with E-state index in [1.807, 2.05) is 86.6 Å². The molecule has 192 valence electrons. The number of nitrogens with zero attached hydrogens (tertiary/aromatic N) is 4. The minimum atomic E-state index is -0.652. The summed E-state index contributed by atoms with van der Waals surface area (Å²) in [7, 11) is 1.74. The molecule has 4 amide bonds. The molecule has 0 aromatic heterocycles. The third kappa shape index (κ3) is 4.64. The van der Waals surface area contributed by atoms with Crippen LogP contribution in [0.5, 0.6) is 0 Å². The summed E-state index contributed by atoms with van der Waals surface area (Å²) in [5.74, 6) is -0.320. The van der Waals surface area contributed by atoms with Crippen LogP contribution in [0.3, 0.4) is 0 Å². The molecule has 3 aromatic carbocycles. The largest absolute Gasteiger partial charge is 0.334 e. The second-order valence-corrected chi connectivity index (χ2v) is 9.90. The van der Waals surface area contributed by atoms with Crippen LogP contribution in [0.1, 0.15) is 25.8 Å². The maximum absolute atomic E-state index is 13.9. The van der Waals surface area contributed by atoms with E-state index in [0.717, 1.165) is 28.4 Å². The highest BCUT2D eigenvalue weighted by Crippen LogP contribution is 2.33. The number of amides is 4. The Morgan fingerprint density at radius 3 is 2.43 bits per heavy atom. The van der Waals surface area contributed by atoms with Crippen molar-refractivity contribution in [1.29, 1.82) is 0 Å². The van der Waals surface area contributed by atoms with Crippen molar-refractivity contribution in [3.05, 3.63) is 78.4 Å². The van der Waals surface area contributed by atoms with Crippen LogP contribution < -0.4 is 10.2 Å². The van der Waals surface area contributed by atoms with Gasteiger partial charge in [-0.1, -0.05) is 80.9 Å². The molecule has 0 radical (unpaired) electrons. The second-order valence-electron chi connectivity index (χ2n) is 9.90. The summed E-state index contributed by atoms with van der Waals surface area (Å²) >= 11 is 0. The molecule has 0 aliphatic carbocycles. The van der Waals surface area contributed by atoms with Gasteiger partial charge in [0.15, 0.2) is 0 Å². The van der Waals surface area contributed by atoms with Gasteiger partial charge < -0.3 is 15.1 Å². The molecule has 5 rings (SSSR count). The molecule has 0 saturated carbocycles. The van der Waals surface area contributed by atoms with Gasteiger partial charge in [-0.3, -0.25) is 9.59 Å². The van der Waals surface area contributed by atoms with Gasteiger partial charge in [0.25, 0.3) is 0 Å². The van der Waals surface area contributed by atoms with Gasteiger partial charge in [0, 0.05) is 19.3 Å². The molecular weight excluding hydrogens is 466 g/mol. The van der Waals surface area contributed by atoms with E-state index in [-0.39, 0.29) is 36.9 Å². The van der Waals surface area contributed by atoms with Crippen LogP contribution in [-0.4, -0.2) is 65.1 Å². The lowest BCUT2D eigenvalue weighted by molar-refractivity contribution is -0.177. The quantitative estimate of drug-likeness (QED) is 0.579. The molecule has 0 bridgehead atoms. The van der Waals surface area contributed by atoms with Crippen LogP contribution in [0.2, 0.25) is 0 Å². The predicted molar refractivity (Wildman–Crippen MR) is 143 cm³/mol. The zero-order chi connectivity index (χ0) is 26.1. The molecule has 2 saturated heterocycles. The van der Waals surface area contributed by atoms with Crippen LogP contribution in [-0.2, 0) is 16.1 Å². The summed E-state index contributed by atoms with van der Waals surface area (Å²) in [4.78, 5) is 44.2. The summed E-state index contributed by atoms with van der Waals surface area (Å²) in [6, 6.07) is 22.7. The average Bonchev–Trinajstić information content (AvgIpc) is 2.91. The molecule has 1 N–H and O–H groups in total. The number of rotatable bonds is 5. The number of fused-ring (bicyclic) bond motifs is 2. The fourth-order valence-corrected chi connectivity index (χ4v) is 5.37. The second kappa shape index (κ2) is 10.2.